The molecule has 0 bridgehead atoms. The topological polar surface area (TPSA) is 12.0 Å². The van der Waals surface area contributed by atoms with Gasteiger partial charge in [0.05, 0.1) is 0 Å². The van der Waals surface area contributed by atoms with E-state index in [-0.39, 0.29) is 0 Å². The standard InChI is InChI=1S/C20H33N/c1-15(2)21-14-18-10-11-20(4,5)13-19(18)12-17-9-7-6-8-16(17)3/h6-9,15,18-19,21H,10-14H2,1-5H3. The van der Waals surface area contributed by atoms with Crippen LogP contribution in [0.3, 0.4) is 0 Å². The maximum absolute atomic E-state index is 3.67. The Bertz CT molecular complexity index is 445. The molecule has 1 heteroatoms. The van der Waals surface area contributed by atoms with Crippen LogP contribution in [0.2, 0.25) is 0 Å². The minimum Gasteiger partial charge on any atom is -0.314 e. The second-order valence-electron chi connectivity index (χ2n) is 8.12. The predicted octanol–water partition coefficient (Wildman–Crippen LogP) is 4.98. The quantitative estimate of drug-likeness (QED) is 0.805. The highest BCUT2D eigenvalue weighted by molar-refractivity contribution is 5.26. The molecule has 1 aliphatic carbocycles. The average Bonchev–Trinajstić information content (AvgIpc) is 2.39. The molecule has 2 unspecified atom stereocenters. The summed E-state index contributed by atoms with van der Waals surface area (Å²) < 4.78 is 0. The first kappa shape index (κ1) is 16.5. The molecule has 0 amide bonds. The Hall–Kier alpha value is -0.820. The fourth-order valence-corrected chi connectivity index (χ4v) is 3.81. The van der Waals surface area contributed by atoms with Gasteiger partial charge in [-0.2, -0.15) is 0 Å². The highest BCUT2D eigenvalue weighted by Crippen LogP contribution is 2.43. The summed E-state index contributed by atoms with van der Waals surface area (Å²) in [7, 11) is 0. The summed E-state index contributed by atoms with van der Waals surface area (Å²) in [6.07, 6.45) is 5.37. The first-order valence-electron chi connectivity index (χ1n) is 8.65. The Kier molecular flexibility index (Phi) is 5.48. The first-order chi connectivity index (χ1) is 9.87. The average molecular weight is 287 g/mol. The van der Waals surface area contributed by atoms with E-state index < -0.39 is 0 Å². The van der Waals surface area contributed by atoms with Crippen LogP contribution in [0.1, 0.15) is 58.1 Å². The SMILES string of the molecule is Cc1ccccc1CC1CC(C)(C)CCC1CNC(C)C. The largest absolute Gasteiger partial charge is 0.314 e. The van der Waals surface area contributed by atoms with E-state index in [4.69, 9.17) is 0 Å². The monoisotopic (exact) mass is 287 g/mol. The van der Waals surface area contributed by atoms with Crippen molar-refractivity contribution in [1.29, 1.82) is 0 Å². The van der Waals surface area contributed by atoms with Crippen molar-refractivity contribution in [2.24, 2.45) is 17.3 Å². The highest BCUT2D eigenvalue weighted by Gasteiger charge is 2.34. The molecule has 118 valence electrons. The third-order valence-electron chi connectivity index (χ3n) is 5.20. The number of nitrogens with one attached hydrogen (secondary N) is 1. The maximum Gasteiger partial charge on any atom is 0.00104 e. The molecule has 0 radical (unpaired) electrons. The Morgan fingerprint density at radius 3 is 2.57 bits per heavy atom. The molecule has 0 aromatic heterocycles. The Labute approximate surface area is 131 Å². The summed E-state index contributed by atoms with van der Waals surface area (Å²) in [5.74, 6) is 1.65. The van der Waals surface area contributed by atoms with Crippen molar-refractivity contribution in [3.63, 3.8) is 0 Å². The maximum atomic E-state index is 3.67. The van der Waals surface area contributed by atoms with Gasteiger partial charge in [-0.3, -0.25) is 0 Å². The molecule has 1 nitrogen and oxygen atoms in total. The normalized spacial score (nSPS) is 25.2. The van der Waals surface area contributed by atoms with Crippen LogP contribution in [0.15, 0.2) is 24.3 Å². The Morgan fingerprint density at radius 2 is 1.90 bits per heavy atom. The zero-order valence-corrected chi connectivity index (χ0v) is 14.6. The number of aryl methyl sites for hydroxylation is 1. The molecule has 0 spiro atoms. The van der Waals surface area contributed by atoms with Gasteiger partial charge < -0.3 is 5.32 Å². The van der Waals surface area contributed by atoms with Crippen molar-refractivity contribution in [3.05, 3.63) is 35.4 Å². The van der Waals surface area contributed by atoms with Crippen LogP contribution in [0, 0.1) is 24.2 Å². The molecule has 1 N–H and O–H groups in total. The zero-order chi connectivity index (χ0) is 15.5. The van der Waals surface area contributed by atoms with Gasteiger partial charge in [-0.25, -0.2) is 0 Å². The van der Waals surface area contributed by atoms with Gasteiger partial charge in [-0.15, -0.1) is 0 Å². The molecule has 1 fully saturated rings. The summed E-state index contributed by atoms with van der Waals surface area (Å²) in [6.45, 7) is 12.8. The summed E-state index contributed by atoms with van der Waals surface area (Å²) in [5.41, 5.74) is 3.52. The predicted molar refractivity (Wildman–Crippen MR) is 92.6 cm³/mol. The molecule has 21 heavy (non-hydrogen) atoms. The van der Waals surface area contributed by atoms with Gasteiger partial charge in [0, 0.05) is 6.04 Å². The Balaban J connectivity index is 2.08. The molecule has 1 aliphatic rings. The highest BCUT2D eigenvalue weighted by atomic mass is 14.9. The lowest BCUT2D eigenvalue weighted by atomic mass is 9.65. The van der Waals surface area contributed by atoms with E-state index in [9.17, 15) is 0 Å². The van der Waals surface area contributed by atoms with E-state index in [1.165, 1.54) is 37.8 Å². The van der Waals surface area contributed by atoms with Crippen LogP contribution >= 0.6 is 0 Å². The van der Waals surface area contributed by atoms with Crippen molar-refractivity contribution in [3.8, 4) is 0 Å². The van der Waals surface area contributed by atoms with Crippen molar-refractivity contribution in [1.82, 2.24) is 5.32 Å². The minimum absolute atomic E-state index is 0.516. The number of benzene rings is 1. The zero-order valence-electron chi connectivity index (χ0n) is 14.6. The first-order valence-corrected chi connectivity index (χ1v) is 8.65. The molecule has 0 saturated heterocycles. The van der Waals surface area contributed by atoms with Crippen LogP contribution in [0.25, 0.3) is 0 Å². The van der Waals surface area contributed by atoms with Crippen LogP contribution in [-0.2, 0) is 6.42 Å². The third-order valence-corrected chi connectivity index (χ3v) is 5.20. The van der Waals surface area contributed by atoms with Crippen LogP contribution < -0.4 is 5.32 Å². The molecule has 0 heterocycles. The molecule has 1 aromatic rings. The van der Waals surface area contributed by atoms with E-state index >= 15 is 0 Å². The fourth-order valence-electron chi connectivity index (χ4n) is 3.81. The lowest BCUT2D eigenvalue weighted by molar-refractivity contribution is 0.114. The van der Waals surface area contributed by atoms with Crippen LogP contribution in [0.4, 0.5) is 0 Å². The molecule has 1 saturated carbocycles. The van der Waals surface area contributed by atoms with Gasteiger partial charge in [-0.1, -0.05) is 52.0 Å². The third kappa shape index (κ3) is 4.85. The van der Waals surface area contributed by atoms with E-state index in [1.807, 2.05) is 0 Å². The number of rotatable bonds is 5. The summed E-state index contributed by atoms with van der Waals surface area (Å²) in [6, 6.07) is 9.52. The Morgan fingerprint density at radius 1 is 1.19 bits per heavy atom. The second-order valence-corrected chi connectivity index (χ2v) is 8.12. The van der Waals surface area contributed by atoms with Crippen molar-refractivity contribution in [2.45, 2.75) is 66.3 Å². The molecular weight excluding hydrogens is 254 g/mol. The molecule has 0 aliphatic heterocycles. The van der Waals surface area contributed by atoms with Gasteiger partial charge in [0.15, 0.2) is 0 Å². The van der Waals surface area contributed by atoms with E-state index in [1.54, 1.807) is 5.56 Å². The van der Waals surface area contributed by atoms with E-state index in [0.29, 0.717) is 11.5 Å². The second kappa shape index (κ2) is 6.96. The summed E-state index contributed by atoms with van der Waals surface area (Å²) in [4.78, 5) is 0. The minimum atomic E-state index is 0.516. The van der Waals surface area contributed by atoms with Gasteiger partial charge in [-0.05, 0) is 67.5 Å². The van der Waals surface area contributed by atoms with Crippen molar-refractivity contribution >= 4 is 0 Å². The van der Waals surface area contributed by atoms with Crippen LogP contribution in [-0.4, -0.2) is 12.6 Å². The molecule has 2 rings (SSSR count). The summed E-state index contributed by atoms with van der Waals surface area (Å²) in [5, 5.41) is 3.67. The van der Waals surface area contributed by atoms with Gasteiger partial charge in [0.2, 0.25) is 0 Å². The van der Waals surface area contributed by atoms with E-state index in [2.05, 4.69) is 64.2 Å². The smallest absolute Gasteiger partial charge is 0.00104 e. The fraction of sp³-hybridized carbons (Fsp3) is 0.700. The van der Waals surface area contributed by atoms with Gasteiger partial charge in [0.1, 0.15) is 0 Å². The lowest BCUT2D eigenvalue weighted by Gasteiger charge is -2.41. The number of hydrogen-bond acceptors (Lipinski definition) is 1. The number of hydrogen-bond donors (Lipinski definition) is 1. The van der Waals surface area contributed by atoms with Crippen molar-refractivity contribution in [2.75, 3.05) is 6.54 Å². The molecular formula is C20H33N. The molecule has 2 atom stereocenters. The van der Waals surface area contributed by atoms with Gasteiger partial charge >= 0.3 is 0 Å². The van der Waals surface area contributed by atoms with Crippen molar-refractivity contribution < 1.29 is 0 Å². The van der Waals surface area contributed by atoms with Gasteiger partial charge in [0.25, 0.3) is 0 Å². The van der Waals surface area contributed by atoms with E-state index in [0.717, 1.165) is 11.8 Å². The molecule has 1 aromatic carbocycles. The lowest BCUT2D eigenvalue weighted by Crippen LogP contribution is -2.38. The van der Waals surface area contributed by atoms with Crippen LogP contribution in [0.5, 0.6) is 0 Å². The summed E-state index contributed by atoms with van der Waals surface area (Å²) >= 11 is 0.